The summed E-state index contributed by atoms with van der Waals surface area (Å²) in [6.45, 7) is 2.01. The molecule has 1 amide bonds. The quantitative estimate of drug-likeness (QED) is 0.825. The van der Waals surface area contributed by atoms with Gasteiger partial charge in [0.15, 0.2) is 0 Å². The van der Waals surface area contributed by atoms with Crippen LogP contribution in [0, 0.1) is 6.92 Å². The zero-order chi connectivity index (χ0) is 11.7. The van der Waals surface area contributed by atoms with Gasteiger partial charge in [0, 0.05) is 18.8 Å². The lowest BCUT2D eigenvalue weighted by Crippen LogP contribution is -2.11. The van der Waals surface area contributed by atoms with E-state index in [-0.39, 0.29) is 0 Å². The normalized spacial score (nSPS) is 10.4. The number of nitrogens with two attached hydrogens (primary N) is 1. The topological polar surface area (TPSA) is 60.9 Å². The van der Waals surface area contributed by atoms with E-state index < -0.39 is 5.91 Å². The zero-order valence-electron chi connectivity index (χ0n) is 9.27. The zero-order valence-corrected chi connectivity index (χ0v) is 9.27. The second-order valence-electron chi connectivity index (χ2n) is 3.80. The Morgan fingerprint density at radius 2 is 1.94 bits per heavy atom. The Labute approximate surface area is 93.7 Å². The van der Waals surface area contributed by atoms with Gasteiger partial charge in [-0.25, -0.2) is 0 Å². The summed E-state index contributed by atoms with van der Waals surface area (Å²) in [5.41, 5.74) is 8.46. The van der Waals surface area contributed by atoms with Gasteiger partial charge in [0.25, 0.3) is 5.91 Å². The molecular weight excluding hydrogens is 202 g/mol. The lowest BCUT2D eigenvalue weighted by atomic mass is 10.1. The molecule has 16 heavy (non-hydrogen) atoms. The first-order valence-corrected chi connectivity index (χ1v) is 4.98. The number of primary amides is 1. The number of carbonyl (C=O) groups excluding carboxylic acids is 1. The molecule has 4 heteroatoms. The van der Waals surface area contributed by atoms with Crippen molar-refractivity contribution in [1.82, 2.24) is 9.78 Å². The average molecular weight is 215 g/mol. The van der Waals surface area contributed by atoms with Gasteiger partial charge in [-0.05, 0) is 6.92 Å². The summed E-state index contributed by atoms with van der Waals surface area (Å²) in [5, 5.41) is 4.25. The highest BCUT2D eigenvalue weighted by Gasteiger charge is 2.13. The van der Waals surface area contributed by atoms with Gasteiger partial charge in [-0.1, -0.05) is 29.8 Å². The number of carbonyl (C=O) groups is 1. The molecule has 0 aliphatic carbocycles. The fourth-order valence-electron chi connectivity index (χ4n) is 1.59. The molecule has 1 aromatic heterocycles. The molecule has 0 saturated carbocycles. The molecule has 1 heterocycles. The van der Waals surface area contributed by atoms with Crippen molar-refractivity contribution in [3.05, 3.63) is 41.6 Å². The Morgan fingerprint density at radius 3 is 2.50 bits per heavy atom. The second kappa shape index (κ2) is 3.81. The average Bonchev–Trinajstić information content (AvgIpc) is 2.61. The first-order valence-electron chi connectivity index (χ1n) is 4.98. The molecule has 2 N–H and O–H groups in total. The van der Waals surface area contributed by atoms with Crippen LogP contribution in [0.5, 0.6) is 0 Å². The predicted octanol–water partition coefficient (Wildman–Crippen LogP) is 1.49. The molecule has 0 bridgehead atoms. The van der Waals surface area contributed by atoms with Crippen molar-refractivity contribution in [2.75, 3.05) is 0 Å². The van der Waals surface area contributed by atoms with Gasteiger partial charge in [0.2, 0.25) is 0 Å². The van der Waals surface area contributed by atoms with E-state index in [9.17, 15) is 4.79 Å². The van der Waals surface area contributed by atoms with Crippen molar-refractivity contribution >= 4 is 5.91 Å². The molecule has 0 radical (unpaired) electrons. The highest BCUT2D eigenvalue weighted by atomic mass is 16.1. The molecule has 2 aromatic rings. The molecule has 0 atom stereocenters. The van der Waals surface area contributed by atoms with Crippen LogP contribution in [0.4, 0.5) is 0 Å². The van der Waals surface area contributed by atoms with Crippen molar-refractivity contribution in [3.8, 4) is 11.3 Å². The van der Waals surface area contributed by atoms with Crippen LogP contribution in [0.2, 0.25) is 0 Å². The van der Waals surface area contributed by atoms with Gasteiger partial charge < -0.3 is 5.73 Å². The Morgan fingerprint density at radius 1 is 1.31 bits per heavy atom. The lowest BCUT2D eigenvalue weighted by molar-refractivity contribution is 0.100. The number of hydrogen-bond acceptors (Lipinski definition) is 2. The summed E-state index contributed by atoms with van der Waals surface area (Å²) in [6.07, 6.45) is 1.64. The predicted molar refractivity (Wildman–Crippen MR) is 61.9 cm³/mol. The van der Waals surface area contributed by atoms with E-state index in [2.05, 4.69) is 5.10 Å². The molecule has 0 spiro atoms. The van der Waals surface area contributed by atoms with Crippen molar-refractivity contribution in [2.45, 2.75) is 6.92 Å². The molecule has 0 saturated heterocycles. The standard InChI is InChI=1S/C12H13N3O/c1-8-3-5-9(6-4-8)11-10(12(13)16)7-15(2)14-11/h3-7H,1-2H3,(H2,13,16). The van der Waals surface area contributed by atoms with E-state index in [4.69, 9.17) is 5.73 Å². The minimum atomic E-state index is -0.455. The molecule has 0 fully saturated rings. The Kier molecular flexibility index (Phi) is 2.48. The fraction of sp³-hybridized carbons (Fsp3) is 0.167. The van der Waals surface area contributed by atoms with E-state index in [1.165, 1.54) is 5.56 Å². The summed E-state index contributed by atoms with van der Waals surface area (Å²) < 4.78 is 1.59. The first kappa shape index (κ1) is 10.4. The highest BCUT2D eigenvalue weighted by Crippen LogP contribution is 2.21. The summed E-state index contributed by atoms with van der Waals surface area (Å²) in [4.78, 5) is 11.2. The highest BCUT2D eigenvalue weighted by molar-refractivity contribution is 5.98. The summed E-state index contributed by atoms with van der Waals surface area (Å²) >= 11 is 0. The summed E-state index contributed by atoms with van der Waals surface area (Å²) in [6, 6.07) is 7.83. The smallest absolute Gasteiger partial charge is 0.252 e. The van der Waals surface area contributed by atoms with Crippen LogP contribution in [-0.2, 0) is 7.05 Å². The fourth-order valence-corrected chi connectivity index (χ4v) is 1.59. The van der Waals surface area contributed by atoms with Crippen molar-refractivity contribution < 1.29 is 4.79 Å². The van der Waals surface area contributed by atoms with Crippen molar-refractivity contribution in [2.24, 2.45) is 12.8 Å². The number of aromatic nitrogens is 2. The molecule has 0 aliphatic heterocycles. The number of aryl methyl sites for hydroxylation is 2. The van der Waals surface area contributed by atoms with Crippen LogP contribution in [0.15, 0.2) is 30.5 Å². The third-order valence-electron chi connectivity index (χ3n) is 2.42. The molecule has 2 rings (SSSR count). The van der Waals surface area contributed by atoms with Crippen LogP contribution < -0.4 is 5.73 Å². The number of nitrogens with zero attached hydrogens (tertiary/aromatic N) is 2. The van der Waals surface area contributed by atoms with E-state index in [0.29, 0.717) is 11.3 Å². The molecule has 82 valence electrons. The minimum Gasteiger partial charge on any atom is -0.365 e. The Balaban J connectivity index is 2.55. The second-order valence-corrected chi connectivity index (χ2v) is 3.80. The van der Waals surface area contributed by atoms with E-state index >= 15 is 0 Å². The third kappa shape index (κ3) is 1.82. The number of amides is 1. The van der Waals surface area contributed by atoms with E-state index in [0.717, 1.165) is 5.56 Å². The van der Waals surface area contributed by atoms with Gasteiger partial charge in [0.1, 0.15) is 5.69 Å². The Hall–Kier alpha value is -2.10. The molecule has 1 aromatic carbocycles. The number of rotatable bonds is 2. The summed E-state index contributed by atoms with van der Waals surface area (Å²) in [7, 11) is 1.77. The van der Waals surface area contributed by atoms with E-state index in [1.54, 1.807) is 17.9 Å². The maximum atomic E-state index is 11.2. The van der Waals surface area contributed by atoms with Gasteiger partial charge in [-0.2, -0.15) is 5.10 Å². The monoisotopic (exact) mass is 215 g/mol. The molecular formula is C12H13N3O. The lowest BCUT2D eigenvalue weighted by Gasteiger charge is -1.99. The van der Waals surface area contributed by atoms with Gasteiger partial charge in [-0.3, -0.25) is 9.48 Å². The first-order chi connectivity index (χ1) is 7.58. The van der Waals surface area contributed by atoms with Crippen LogP contribution >= 0.6 is 0 Å². The van der Waals surface area contributed by atoms with Crippen LogP contribution in [0.1, 0.15) is 15.9 Å². The van der Waals surface area contributed by atoms with Crippen molar-refractivity contribution in [3.63, 3.8) is 0 Å². The van der Waals surface area contributed by atoms with Gasteiger partial charge >= 0.3 is 0 Å². The number of benzene rings is 1. The van der Waals surface area contributed by atoms with Crippen molar-refractivity contribution in [1.29, 1.82) is 0 Å². The molecule has 0 unspecified atom stereocenters. The Bertz CT molecular complexity index is 526. The van der Waals surface area contributed by atoms with Gasteiger partial charge in [-0.15, -0.1) is 0 Å². The van der Waals surface area contributed by atoms with Crippen LogP contribution in [0.25, 0.3) is 11.3 Å². The summed E-state index contributed by atoms with van der Waals surface area (Å²) in [5.74, 6) is -0.455. The van der Waals surface area contributed by atoms with Crippen LogP contribution in [0.3, 0.4) is 0 Å². The maximum absolute atomic E-state index is 11.2. The van der Waals surface area contributed by atoms with Crippen LogP contribution in [-0.4, -0.2) is 15.7 Å². The van der Waals surface area contributed by atoms with E-state index in [1.807, 2.05) is 31.2 Å². The third-order valence-corrected chi connectivity index (χ3v) is 2.42. The minimum absolute atomic E-state index is 0.450. The molecule has 0 aliphatic rings. The SMILES string of the molecule is Cc1ccc(-c2nn(C)cc2C(N)=O)cc1. The molecule has 4 nitrogen and oxygen atoms in total. The van der Waals surface area contributed by atoms with Gasteiger partial charge in [0.05, 0.1) is 5.56 Å². The maximum Gasteiger partial charge on any atom is 0.252 e. The number of hydrogen-bond donors (Lipinski definition) is 1. The largest absolute Gasteiger partial charge is 0.365 e.